The Balaban J connectivity index is 2.02. The van der Waals surface area contributed by atoms with Gasteiger partial charge in [-0.1, -0.05) is 40.2 Å². The molecule has 0 spiro atoms. The van der Waals surface area contributed by atoms with Crippen LogP contribution in [0.25, 0.3) is 6.08 Å². The fourth-order valence-electron chi connectivity index (χ4n) is 2.33. The van der Waals surface area contributed by atoms with E-state index in [1.807, 2.05) is 30.3 Å². The second kappa shape index (κ2) is 4.67. The van der Waals surface area contributed by atoms with Gasteiger partial charge in [0.05, 0.1) is 0 Å². The topological polar surface area (TPSA) is 37.3 Å². The van der Waals surface area contributed by atoms with Crippen molar-refractivity contribution < 1.29 is 9.90 Å². The van der Waals surface area contributed by atoms with Gasteiger partial charge < -0.3 is 5.11 Å². The monoisotopic (exact) mass is 314 g/mol. The molecular formula is C16H11BrO2. The van der Waals surface area contributed by atoms with Crippen molar-refractivity contribution in [2.45, 2.75) is 6.42 Å². The minimum Gasteiger partial charge on any atom is -0.508 e. The predicted molar refractivity (Wildman–Crippen MR) is 78.3 cm³/mol. The summed E-state index contributed by atoms with van der Waals surface area (Å²) in [4.78, 5) is 12.2. The van der Waals surface area contributed by atoms with Gasteiger partial charge in [-0.2, -0.15) is 0 Å². The summed E-state index contributed by atoms with van der Waals surface area (Å²) in [6.45, 7) is 0. The van der Waals surface area contributed by atoms with E-state index in [1.54, 1.807) is 18.2 Å². The van der Waals surface area contributed by atoms with Crippen LogP contribution >= 0.6 is 15.9 Å². The van der Waals surface area contributed by atoms with E-state index in [0.29, 0.717) is 12.0 Å². The van der Waals surface area contributed by atoms with Crippen molar-refractivity contribution in [1.82, 2.24) is 0 Å². The number of phenols is 1. The molecule has 1 aliphatic rings. The molecule has 0 radical (unpaired) electrons. The van der Waals surface area contributed by atoms with Crippen LogP contribution in [-0.4, -0.2) is 10.9 Å². The highest BCUT2D eigenvalue weighted by atomic mass is 79.9. The number of ketones is 1. The van der Waals surface area contributed by atoms with Crippen molar-refractivity contribution in [3.63, 3.8) is 0 Å². The van der Waals surface area contributed by atoms with Gasteiger partial charge in [0.2, 0.25) is 0 Å². The van der Waals surface area contributed by atoms with E-state index in [9.17, 15) is 9.90 Å². The zero-order valence-electron chi connectivity index (χ0n) is 10.1. The highest BCUT2D eigenvalue weighted by Gasteiger charge is 2.26. The number of benzene rings is 2. The molecule has 0 amide bonds. The normalized spacial score (nSPS) is 15.8. The number of aromatic hydroxyl groups is 1. The lowest BCUT2D eigenvalue weighted by Crippen LogP contribution is -1.94. The summed E-state index contributed by atoms with van der Waals surface area (Å²) < 4.78 is 0.979. The molecule has 1 aliphatic carbocycles. The molecule has 3 rings (SSSR count). The molecule has 2 nitrogen and oxygen atoms in total. The molecule has 1 N–H and O–H groups in total. The van der Waals surface area contributed by atoms with Crippen LogP contribution in [-0.2, 0) is 6.42 Å². The van der Waals surface area contributed by atoms with Gasteiger partial charge in [-0.3, -0.25) is 4.79 Å². The molecule has 0 unspecified atom stereocenters. The summed E-state index contributed by atoms with van der Waals surface area (Å²) in [5.41, 5.74) is 3.04. The Kier molecular flexibility index (Phi) is 2.99. The maximum absolute atomic E-state index is 12.2. The molecule has 19 heavy (non-hydrogen) atoms. The van der Waals surface area contributed by atoms with Crippen molar-refractivity contribution in [2.24, 2.45) is 0 Å². The number of rotatable bonds is 1. The minimum absolute atomic E-state index is 0.00544. The van der Waals surface area contributed by atoms with E-state index < -0.39 is 0 Å². The van der Waals surface area contributed by atoms with Gasteiger partial charge >= 0.3 is 0 Å². The van der Waals surface area contributed by atoms with Crippen molar-refractivity contribution in [1.29, 1.82) is 0 Å². The van der Waals surface area contributed by atoms with Crippen LogP contribution in [0.1, 0.15) is 21.5 Å². The third-order valence-corrected chi connectivity index (χ3v) is 3.74. The summed E-state index contributed by atoms with van der Waals surface area (Å²) >= 11 is 3.41. The van der Waals surface area contributed by atoms with Crippen LogP contribution in [0, 0.1) is 0 Å². The largest absolute Gasteiger partial charge is 0.508 e. The molecule has 2 aromatic carbocycles. The van der Waals surface area contributed by atoms with E-state index in [-0.39, 0.29) is 11.5 Å². The molecule has 94 valence electrons. The molecule has 0 saturated carbocycles. The molecule has 0 aromatic heterocycles. The van der Waals surface area contributed by atoms with E-state index in [4.69, 9.17) is 0 Å². The molecule has 0 bridgehead atoms. The molecule has 0 fully saturated rings. The van der Waals surface area contributed by atoms with Crippen LogP contribution in [0.15, 0.2) is 52.5 Å². The zero-order valence-corrected chi connectivity index (χ0v) is 11.6. The lowest BCUT2D eigenvalue weighted by atomic mass is 10.1. The number of hydrogen-bond donors (Lipinski definition) is 1. The fourth-order valence-corrected chi connectivity index (χ4v) is 2.75. The lowest BCUT2D eigenvalue weighted by molar-refractivity contribution is 0.104. The smallest absolute Gasteiger partial charge is 0.189 e. The molecule has 2 aromatic rings. The first-order valence-corrected chi connectivity index (χ1v) is 6.76. The molecule has 0 aliphatic heterocycles. The molecule has 0 saturated heterocycles. The molecule has 3 heteroatoms. The SMILES string of the molecule is O=C1/C(=C/c2cccc(Br)c2)Cc2c(O)cccc21. The number of hydrogen-bond acceptors (Lipinski definition) is 2. The summed E-state index contributed by atoms with van der Waals surface area (Å²) in [5, 5.41) is 9.79. The second-order valence-corrected chi connectivity index (χ2v) is 5.45. The van der Waals surface area contributed by atoms with Crippen molar-refractivity contribution in [3.05, 3.63) is 69.2 Å². The maximum Gasteiger partial charge on any atom is 0.189 e. The Morgan fingerprint density at radius 3 is 2.68 bits per heavy atom. The minimum atomic E-state index is 0.00544. The maximum atomic E-state index is 12.2. The van der Waals surface area contributed by atoms with Crippen molar-refractivity contribution in [3.8, 4) is 5.75 Å². The number of halogens is 1. The summed E-state index contributed by atoms with van der Waals surface area (Å²) in [6, 6.07) is 12.9. The van der Waals surface area contributed by atoms with Gasteiger partial charge in [-0.15, -0.1) is 0 Å². The highest BCUT2D eigenvalue weighted by molar-refractivity contribution is 9.10. The molecule has 0 atom stereocenters. The average molecular weight is 315 g/mol. The van der Waals surface area contributed by atoms with Crippen LogP contribution in [0.4, 0.5) is 0 Å². The first kappa shape index (κ1) is 12.2. The van der Waals surface area contributed by atoms with E-state index in [0.717, 1.165) is 21.2 Å². The van der Waals surface area contributed by atoms with Gasteiger partial charge in [-0.25, -0.2) is 0 Å². The first-order valence-electron chi connectivity index (χ1n) is 5.97. The first-order chi connectivity index (χ1) is 9.15. The van der Waals surface area contributed by atoms with Gasteiger partial charge in [0, 0.05) is 27.6 Å². The van der Waals surface area contributed by atoms with E-state index in [2.05, 4.69) is 15.9 Å². The third kappa shape index (κ3) is 2.22. The zero-order chi connectivity index (χ0) is 13.4. The van der Waals surface area contributed by atoms with Crippen LogP contribution in [0.5, 0.6) is 5.75 Å². The van der Waals surface area contributed by atoms with E-state index in [1.165, 1.54) is 0 Å². The standard InChI is InChI=1S/C16H11BrO2/c17-12-4-1-3-10(8-12)7-11-9-14-13(16(11)19)5-2-6-15(14)18/h1-8,18H,9H2/b11-7+. The Labute approximate surface area is 119 Å². The van der Waals surface area contributed by atoms with Crippen molar-refractivity contribution >= 4 is 27.8 Å². The Morgan fingerprint density at radius 1 is 1.16 bits per heavy atom. The summed E-state index contributed by atoms with van der Waals surface area (Å²) in [5.74, 6) is 0.203. The van der Waals surface area contributed by atoms with Crippen LogP contribution < -0.4 is 0 Å². The number of carbonyl (C=O) groups excluding carboxylic acids is 1. The van der Waals surface area contributed by atoms with Gasteiger partial charge in [0.15, 0.2) is 5.78 Å². The Hall–Kier alpha value is -1.87. The number of Topliss-reactive ketones (excluding diaryl/α,β-unsaturated/α-hetero) is 1. The quantitative estimate of drug-likeness (QED) is 0.808. The van der Waals surface area contributed by atoms with Crippen molar-refractivity contribution in [2.75, 3.05) is 0 Å². The van der Waals surface area contributed by atoms with Crippen LogP contribution in [0.3, 0.4) is 0 Å². The average Bonchev–Trinajstić information content (AvgIpc) is 2.69. The Bertz CT molecular complexity index is 702. The molecular weight excluding hydrogens is 304 g/mol. The third-order valence-electron chi connectivity index (χ3n) is 3.24. The number of phenolic OH excluding ortho intramolecular Hbond substituents is 1. The van der Waals surface area contributed by atoms with Gasteiger partial charge in [-0.05, 0) is 29.8 Å². The van der Waals surface area contributed by atoms with Gasteiger partial charge in [0.1, 0.15) is 5.75 Å². The van der Waals surface area contributed by atoms with E-state index >= 15 is 0 Å². The number of carbonyl (C=O) groups is 1. The number of allylic oxidation sites excluding steroid dienone is 1. The lowest BCUT2D eigenvalue weighted by Gasteiger charge is -1.98. The number of fused-ring (bicyclic) bond motifs is 1. The fraction of sp³-hybridized carbons (Fsp3) is 0.0625. The highest BCUT2D eigenvalue weighted by Crippen LogP contribution is 2.33. The predicted octanol–water partition coefficient (Wildman–Crippen LogP) is 3.98. The summed E-state index contributed by atoms with van der Waals surface area (Å²) in [7, 11) is 0. The molecule has 0 heterocycles. The van der Waals surface area contributed by atoms with Gasteiger partial charge in [0.25, 0.3) is 0 Å². The summed E-state index contributed by atoms with van der Waals surface area (Å²) in [6.07, 6.45) is 2.37. The Morgan fingerprint density at radius 2 is 1.95 bits per heavy atom. The van der Waals surface area contributed by atoms with Crippen LogP contribution in [0.2, 0.25) is 0 Å². The second-order valence-electron chi connectivity index (χ2n) is 4.53.